The summed E-state index contributed by atoms with van der Waals surface area (Å²) >= 11 is 1.52. The van der Waals surface area contributed by atoms with Crippen LogP contribution in [0.5, 0.6) is 0 Å². The monoisotopic (exact) mass is 358 g/mol. The topological polar surface area (TPSA) is 49.4 Å². The first-order valence-corrected chi connectivity index (χ1v) is 8.76. The van der Waals surface area contributed by atoms with Gasteiger partial charge in [0.15, 0.2) is 0 Å². The lowest BCUT2D eigenvalue weighted by Gasteiger charge is -2.33. The van der Waals surface area contributed by atoms with E-state index in [-0.39, 0.29) is 18.9 Å². The molecule has 2 heterocycles. The number of rotatable bonds is 1. The van der Waals surface area contributed by atoms with E-state index in [0.29, 0.717) is 36.4 Å². The number of hydrogen-bond acceptors (Lipinski definition) is 3. The summed E-state index contributed by atoms with van der Waals surface area (Å²) in [6, 6.07) is 4.91. The smallest absolute Gasteiger partial charge is 0.338 e. The molecule has 2 aliphatic rings. The van der Waals surface area contributed by atoms with E-state index >= 15 is 0 Å². The predicted octanol–water partition coefficient (Wildman–Crippen LogP) is 3.54. The summed E-state index contributed by atoms with van der Waals surface area (Å²) in [5, 5.41) is 2.74. The van der Waals surface area contributed by atoms with Gasteiger partial charge in [0.05, 0.1) is 11.6 Å². The number of halogens is 3. The van der Waals surface area contributed by atoms with E-state index in [4.69, 9.17) is 0 Å². The largest absolute Gasteiger partial charge is 0.393 e. The van der Waals surface area contributed by atoms with Crippen LogP contribution in [-0.4, -0.2) is 41.7 Å². The molecule has 130 valence electrons. The molecular weight excluding hydrogens is 341 g/mol. The van der Waals surface area contributed by atoms with Crippen molar-refractivity contribution in [1.29, 1.82) is 0 Å². The van der Waals surface area contributed by atoms with Crippen molar-refractivity contribution in [2.24, 2.45) is 5.92 Å². The molecule has 24 heavy (non-hydrogen) atoms. The highest BCUT2D eigenvalue weighted by molar-refractivity contribution is 7.99. The van der Waals surface area contributed by atoms with Crippen LogP contribution < -0.4 is 5.32 Å². The molecular formula is C16H17F3N2O2S. The number of fused-ring (bicyclic) bond motifs is 1. The fourth-order valence-electron chi connectivity index (χ4n) is 2.96. The lowest BCUT2D eigenvalue weighted by molar-refractivity contribution is -0.184. The van der Waals surface area contributed by atoms with Gasteiger partial charge in [-0.2, -0.15) is 13.2 Å². The van der Waals surface area contributed by atoms with Crippen LogP contribution in [0.3, 0.4) is 0 Å². The lowest BCUT2D eigenvalue weighted by atomic mass is 9.97. The molecule has 1 saturated heterocycles. The number of alkyl halides is 3. The molecule has 0 spiro atoms. The van der Waals surface area contributed by atoms with Crippen LogP contribution in [0.2, 0.25) is 0 Å². The third-order valence-electron chi connectivity index (χ3n) is 4.26. The van der Waals surface area contributed by atoms with Gasteiger partial charge in [0, 0.05) is 35.7 Å². The van der Waals surface area contributed by atoms with Gasteiger partial charge in [-0.25, -0.2) is 0 Å². The van der Waals surface area contributed by atoms with Gasteiger partial charge in [-0.1, -0.05) is 0 Å². The summed E-state index contributed by atoms with van der Waals surface area (Å²) in [6.45, 7) is 0.0180. The fourth-order valence-corrected chi connectivity index (χ4v) is 3.90. The minimum absolute atomic E-state index is 0.0597. The molecule has 1 N–H and O–H groups in total. The average molecular weight is 358 g/mol. The molecule has 0 saturated carbocycles. The standard InChI is InChI=1S/C16H17F3N2O2S/c17-16(18,19)11-2-1-6-21(9-11)15(23)10-3-4-13-12(8-10)20-14(22)5-7-24-13/h3-4,8,11H,1-2,5-7,9H2,(H,20,22). The highest BCUT2D eigenvalue weighted by Gasteiger charge is 2.42. The minimum Gasteiger partial charge on any atom is -0.338 e. The molecule has 1 aromatic rings. The molecule has 0 radical (unpaired) electrons. The molecule has 0 bridgehead atoms. The maximum absolute atomic E-state index is 12.9. The van der Waals surface area contributed by atoms with Gasteiger partial charge in [-0.3, -0.25) is 9.59 Å². The molecule has 3 rings (SSSR count). The number of thioether (sulfide) groups is 1. The number of hydrogen-bond donors (Lipinski definition) is 1. The Hall–Kier alpha value is -1.70. The maximum atomic E-state index is 12.9. The zero-order valence-electron chi connectivity index (χ0n) is 12.9. The van der Waals surface area contributed by atoms with Crippen LogP contribution in [0.4, 0.5) is 18.9 Å². The Morgan fingerprint density at radius 1 is 1.33 bits per heavy atom. The van der Waals surface area contributed by atoms with E-state index in [1.54, 1.807) is 18.2 Å². The van der Waals surface area contributed by atoms with Crippen LogP contribution in [-0.2, 0) is 4.79 Å². The Balaban J connectivity index is 1.79. The van der Waals surface area contributed by atoms with Crippen LogP contribution in [0.15, 0.2) is 23.1 Å². The van der Waals surface area contributed by atoms with Gasteiger partial charge in [-0.05, 0) is 31.0 Å². The summed E-state index contributed by atoms with van der Waals surface area (Å²) < 4.78 is 38.7. The van der Waals surface area contributed by atoms with Crippen molar-refractivity contribution in [2.45, 2.75) is 30.3 Å². The van der Waals surface area contributed by atoms with Gasteiger partial charge >= 0.3 is 6.18 Å². The van der Waals surface area contributed by atoms with Gasteiger partial charge in [0.2, 0.25) is 5.91 Å². The van der Waals surface area contributed by atoms with Crippen molar-refractivity contribution >= 4 is 29.3 Å². The van der Waals surface area contributed by atoms with Crippen molar-refractivity contribution in [1.82, 2.24) is 4.90 Å². The average Bonchev–Trinajstić information content (AvgIpc) is 2.73. The molecule has 0 aliphatic carbocycles. The van der Waals surface area contributed by atoms with E-state index in [9.17, 15) is 22.8 Å². The fraction of sp³-hybridized carbons (Fsp3) is 0.500. The van der Waals surface area contributed by atoms with Gasteiger partial charge in [-0.15, -0.1) is 11.8 Å². The first-order chi connectivity index (χ1) is 11.3. The molecule has 0 aromatic heterocycles. The Morgan fingerprint density at radius 2 is 2.12 bits per heavy atom. The van der Waals surface area contributed by atoms with Crippen molar-refractivity contribution in [3.8, 4) is 0 Å². The molecule has 1 fully saturated rings. The normalized spacial score (nSPS) is 21.7. The zero-order chi connectivity index (χ0) is 17.3. The van der Waals surface area contributed by atoms with Crippen LogP contribution >= 0.6 is 11.8 Å². The number of anilines is 1. The molecule has 1 aromatic carbocycles. The Morgan fingerprint density at radius 3 is 2.88 bits per heavy atom. The van der Waals surface area contributed by atoms with Gasteiger partial charge in [0.25, 0.3) is 5.91 Å². The van der Waals surface area contributed by atoms with Gasteiger partial charge < -0.3 is 10.2 Å². The number of carbonyl (C=O) groups excluding carboxylic acids is 2. The number of amides is 2. The first-order valence-electron chi connectivity index (χ1n) is 7.77. The second-order valence-corrected chi connectivity index (χ2v) is 7.13. The number of likely N-dealkylation sites (tertiary alicyclic amines) is 1. The number of nitrogens with zero attached hydrogens (tertiary/aromatic N) is 1. The van der Waals surface area contributed by atoms with E-state index in [0.717, 1.165) is 4.90 Å². The van der Waals surface area contributed by atoms with Gasteiger partial charge in [0.1, 0.15) is 0 Å². The third kappa shape index (κ3) is 3.68. The van der Waals surface area contributed by atoms with Crippen molar-refractivity contribution in [3.05, 3.63) is 23.8 Å². The summed E-state index contributed by atoms with van der Waals surface area (Å²) in [7, 11) is 0. The van der Waals surface area contributed by atoms with E-state index in [1.165, 1.54) is 16.7 Å². The second-order valence-electron chi connectivity index (χ2n) is 5.99. The molecule has 2 aliphatic heterocycles. The number of nitrogens with one attached hydrogen (secondary N) is 1. The first kappa shape index (κ1) is 17.1. The van der Waals surface area contributed by atoms with Crippen molar-refractivity contribution in [2.75, 3.05) is 24.2 Å². The number of piperidine rings is 1. The minimum atomic E-state index is -4.28. The lowest BCUT2D eigenvalue weighted by Crippen LogP contribution is -2.44. The second kappa shape index (κ2) is 6.66. The molecule has 1 atom stereocenters. The molecule has 4 nitrogen and oxygen atoms in total. The van der Waals surface area contributed by atoms with E-state index in [1.807, 2.05) is 0 Å². The van der Waals surface area contributed by atoms with Crippen LogP contribution in [0, 0.1) is 5.92 Å². The highest BCUT2D eigenvalue weighted by Crippen LogP contribution is 2.35. The van der Waals surface area contributed by atoms with E-state index < -0.39 is 18.0 Å². The highest BCUT2D eigenvalue weighted by atomic mass is 32.2. The van der Waals surface area contributed by atoms with Crippen LogP contribution in [0.1, 0.15) is 29.6 Å². The summed E-state index contributed by atoms with van der Waals surface area (Å²) in [5.74, 6) is -1.35. The number of benzene rings is 1. The van der Waals surface area contributed by atoms with Crippen LogP contribution in [0.25, 0.3) is 0 Å². The maximum Gasteiger partial charge on any atom is 0.393 e. The predicted molar refractivity (Wildman–Crippen MR) is 85.1 cm³/mol. The Kier molecular flexibility index (Phi) is 4.76. The third-order valence-corrected chi connectivity index (χ3v) is 5.33. The molecule has 1 unspecified atom stereocenters. The van der Waals surface area contributed by atoms with E-state index in [2.05, 4.69) is 5.32 Å². The Bertz CT molecular complexity index is 663. The molecule has 2 amide bonds. The molecule has 8 heteroatoms. The number of carbonyl (C=O) groups is 2. The summed E-state index contributed by atoms with van der Waals surface area (Å²) in [4.78, 5) is 26.3. The summed E-state index contributed by atoms with van der Waals surface area (Å²) in [5.41, 5.74) is 0.858. The quantitative estimate of drug-likeness (QED) is 0.835. The van der Waals surface area contributed by atoms with Crippen molar-refractivity contribution < 1.29 is 22.8 Å². The SMILES string of the molecule is O=C1CCSc2ccc(C(=O)N3CCCC(C(F)(F)F)C3)cc2N1. The van der Waals surface area contributed by atoms with Crippen molar-refractivity contribution in [3.63, 3.8) is 0 Å². The Labute approximate surface area is 141 Å². The zero-order valence-corrected chi connectivity index (χ0v) is 13.7. The summed E-state index contributed by atoms with van der Waals surface area (Å²) in [6.07, 6.45) is -3.49.